The molecule has 1 unspecified atom stereocenters. The number of hydrogen-bond acceptors (Lipinski definition) is 4. The molecular formula is C11H21Cl2N3OS. The third-order valence-electron chi connectivity index (χ3n) is 2.38. The summed E-state index contributed by atoms with van der Waals surface area (Å²) in [5.74, 6) is 0.0320. The van der Waals surface area contributed by atoms with Gasteiger partial charge in [-0.2, -0.15) is 11.3 Å². The van der Waals surface area contributed by atoms with Crippen molar-refractivity contribution in [2.75, 3.05) is 34.2 Å². The summed E-state index contributed by atoms with van der Waals surface area (Å²) >= 11 is 1.68. The number of nitrogens with one attached hydrogen (secondary N) is 2. The van der Waals surface area contributed by atoms with E-state index in [1.165, 1.54) is 5.56 Å². The fourth-order valence-corrected chi connectivity index (χ4v) is 2.20. The van der Waals surface area contributed by atoms with Gasteiger partial charge in [0.25, 0.3) is 0 Å². The lowest BCUT2D eigenvalue weighted by Crippen LogP contribution is -2.38. The highest BCUT2D eigenvalue weighted by Crippen LogP contribution is 2.19. The zero-order valence-electron chi connectivity index (χ0n) is 10.8. The summed E-state index contributed by atoms with van der Waals surface area (Å²) in [6.45, 7) is 1.01. The molecule has 0 aromatic carbocycles. The van der Waals surface area contributed by atoms with Crippen LogP contribution in [0, 0.1) is 0 Å². The molecule has 7 heteroatoms. The average Bonchev–Trinajstić information content (AvgIpc) is 2.71. The minimum absolute atomic E-state index is 0. The summed E-state index contributed by atoms with van der Waals surface area (Å²) in [5.41, 5.74) is 1.25. The van der Waals surface area contributed by atoms with Gasteiger partial charge in [0.15, 0.2) is 0 Å². The molecule has 1 aromatic heterocycles. The zero-order valence-corrected chi connectivity index (χ0v) is 13.3. The zero-order chi connectivity index (χ0) is 12.0. The summed E-state index contributed by atoms with van der Waals surface area (Å²) in [6.07, 6.45) is 0. The Bertz CT molecular complexity index is 320. The lowest BCUT2D eigenvalue weighted by molar-refractivity contribution is -0.120. The molecule has 2 N–H and O–H groups in total. The summed E-state index contributed by atoms with van der Waals surface area (Å²) < 4.78 is 0. The van der Waals surface area contributed by atoms with Crippen LogP contribution < -0.4 is 10.6 Å². The van der Waals surface area contributed by atoms with E-state index in [9.17, 15) is 4.79 Å². The minimum atomic E-state index is 0. The molecule has 4 nitrogen and oxygen atoms in total. The highest BCUT2D eigenvalue weighted by molar-refractivity contribution is 7.07. The first-order chi connectivity index (χ1) is 7.65. The Balaban J connectivity index is 0. The van der Waals surface area contributed by atoms with Crippen molar-refractivity contribution in [3.63, 3.8) is 0 Å². The van der Waals surface area contributed by atoms with Crippen molar-refractivity contribution >= 4 is 42.1 Å². The van der Waals surface area contributed by atoms with Gasteiger partial charge in [-0.1, -0.05) is 0 Å². The van der Waals surface area contributed by atoms with Crippen molar-refractivity contribution in [3.05, 3.63) is 22.4 Å². The van der Waals surface area contributed by atoms with Gasteiger partial charge in [-0.15, -0.1) is 24.8 Å². The molecule has 0 radical (unpaired) electrons. The highest BCUT2D eigenvalue weighted by Gasteiger charge is 2.15. The second-order valence-electron chi connectivity index (χ2n) is 3.87. The molecule has 106 valence electrons. The predicted molar refractivity (Wildman–Crippen MR) is 82.2 cm³/mol. The number of amides is 1. The van der Waals surface area contributed by atoms with Crippen LogP contribution >= 0.6 is 36.2 Å². The monoisotopic (exact) mass is 313 g/mol. The van der Waals surface area contributed by atoms with Gasteiger partial charge in [-0.25, -0.2) is 0 Å². The predicted octanol–water partition coefficient (Wildman–Crippen LogP) is 1.53. The van der Waals surface area contributed by atoms with Crippen molar-refractivity contribution in [1.82, 2.24) is 15.5 Å². The van der Waals surface area contributed by atoms with Crippen LogP contribution in [0.4, 0.5) is 0 Å². The maximum Gasteiger partial charge on any atom is 0.234 e. The van der Waals surface area contributed by atoms with Gasteiger partial charge in [0.2, 0.25) is 5.91 Å². The Labute approximate surface area is 125 Å². The summed E-state index contributed by atoms with van der Waals surface area (Å²) in [7, 11) is 5.81. The lowest BCUT2D eigenvalue weighted by atomic mass is 10.1. The maximum absolute atomic E-state index is 11.4. The van der Waals surface area contributed by atoms with Crippen LogP contribution in [0.2, 0.25) is 0 Å². The molecule has 1 atom stereocenters. The number of nitrogens with zero attached hydrogens (tertiary/aromatic N) is 1. The largest absolute Gasteiger partial charge is 0.353 e. The van der Waals surface area contributed by atoms with E-state index in [0.717, 1.165) is 0 Å². The van der Waals surface area contributed by atoms with Gasteiger partial charge in [-0.05, 0) is 43.5 Å². The molecule has 0 aliphatic heterocycles. The molecule has 0 aliphatic carbocycles. The van der Waals surface area contributed by atoms with E-state index in [-0.39, 0.29) is 36.8 Å². The van der Waals surface area contributed by atoms with E-state index in [0.29, 0.717) is 13.1 Å². The third kappa shape index (κ3) is 6.56. The fraction of sp³-hybridized carbons (Fsp3) is 0.545. The molecule has 1 rings (SSSR count). The molecule has 1 heterocycles. The second-order valence-corrected chi connectivity index (χ2v) is 4.65. The normalized spacial score (nSPS) is 11.3. The van der Waals surface area contributed by atoms with Gasteiger partial charge in [0.05, 0.1) is 12.6 Å². The fourth-order valence-electron chi connectivity index (χ4n) is 1.50. The van der Waals surface area contributed by atoms with E-state index >= 15 is 0 Å². The van der Waals surface area contributed by atoms with E-state index in [4.69, 9.17) is 0 Å². The standard InChI is InChI=1S/C11H19N3OS.2ClH/c1-12-7-11(15)13-6-10(14(2)3)9-4-5-16-8-9;;/h4-5,8,10,12H,6-7H2,1-3H3,(H,13,15);2*1H. The van der Waals surface area contributed by atoms with Gasteiger partial charge in [0, 0.05) is 6.54 Å². The number of rotatable bonds is 6. The summed E-state index contributed by atoms with van der Waals surface area (Å²) in [5, 5.41) is 9.92. The van der Waals surface area contributed by atoms with Gasteiger partial charge in [0.1, 0.15) is 0 Å². The molecule has 1 amide bonds. The number of thiophene rings is 1. The number of halogens is 2. The Morgan fingerprint density at radius 3 is 2.56 bits per heavy atom. The van der Waals surface area contributed by atoms with Crippen LogP contribution in [0.5, 0.6) is 0 Å². The van der Waals surface area contributed by atoms with Crippen LogP contribution in [0.1, 0.15) is 11.6 Å². The smallest absolute Gasteiger partial charge is 0.234 e. The molecule has 0 saturated carbocycles. The van der Waals surface area contributed by atoms with Gasteiger partial charge >= 0.3 is 0 Å². The van der Waals surface area contributed by atoms with E-state index in [2.05, 4.69) is 32.4 Å². The van der Waals surface area contributed by atoms with E-state index in [1.807, 2.05) is 14.1 Å². The first kappa shape index (κ1) is 20.0. The molecule has 1 aromatic rings. The van der Waals surface area contributed by atoms with Crippen molar-refractivity contribution < 1.29 is 4.79 Å². The number of likely N-dealkylation sites (N-methyl/N-ethyl adjacent to an activating group) is 2. The van der Waals surface area contributed by atoms with E-state index in [1.54, 1.807) is 18.4 Å². The summed E-state index contributed by atoms with van der Waals surface area (Å²) in [4.78, 5) is 13.5. The number of carbonyl (C=O) groups excluding carboxylic acids is 1. The molecule has 18 heavy (non-hydrogen) atoms. The molecule has 0 aliphatic rings. The molecule has 0 bridgehead atoms. The van der Waals surface area contributed by atoms with Crippen LogP contribution in [-0.2, 0) is 4.79 Å². The maximum atomic E-state index is 11.4. The lowest BCUT2D eigenvalue weighted by Gasteiger charge is -2.23. The molecular weight excluding hydrogens is 293 g/mol. The molecule has 0 spiro atoms. The van der Waals surface area contributed by atoms with Gasteiger partial charge in [-0.3, -0.25) is 4.79 Å². The first-order valence-corrected chi connectivity index (χ1v) is 6.19. The summed E-state index contributed by atoms with van der Waals surface area (Å²) in [6, 6.07) is 2.34. The van der Waals surface area contributed by atoms with Crippen LogP contribution in [0.25, 0.3) is 0 Å². The van der Waals surface area contributed by atoms with Crippen LogP contribution in [-0.4, -0.2) is 45.0 Å². The van der Waals surface area contributed by atoms with Crippen molar-refractivity contribution in [2.24, 2.45) is 0 Å². The quantitative estimate of drug-likeness (QED) is 0.837. The van der Waals surface area contributed by atoms with Crippen molar-refractivity contribution in [3.8, 4) is 0 Å². The Morgan fingerprint density at radius 2 is 2.11 bits per heavy atom. The Hall–Kier alpha value is -0.330. The average molecular weight is 314 g/mol. The molecule has 0 saturated heterocycles. The topological polar surface area (TPSA) is 44.4 Å². The minimum Gasteiger partial charge on any atom is -0.353 e. The van der Waals surface area contributed by atoms with E-state index < -0.39 is 0 Å². The molecule has 0 fully saturated rings. The number of carbonyl (C=O) groups is 1. The van der Waals surface area contributed by atoms with Crippen LogP contribution in [0.3, 0.4) is 0 Å². The Morgan fingerprint density at radius 1 is 1.44 bits per heavy atom. The van der Waals surface area contributed by atoms with Crippen molar-refractivity contribution in [2.45, 2.75) is 6.04 Å². The Kier molecular flexibility index (Phi) is 11.8. The second kappa shape index (κ2) is 10.6. The van der Waals surface area contributed by atoms with Crippen molar-refractivity contribution in [1.29, 1.82) is 0 Å². The SMILES string of the molecule is CNCC(=O)NCC(c1ccsc1)N(C)C.Cl.Cl. The van der Waals surface area contributed by atoms with Crippen LogP contribution in [0.15, 0.2) is 16.8 Å². The van der Waals surface area contributed by atoms with Gasteiger partial charge < -0.3 is 15.5 Å². The highest BCUT2D eigenvalue weighted by atomic mass is 35.5. The first-order valence-electron chi connectivity index (χ1n) is 5.25. The third-order valence-corrected chi connectivity index (χ3v) is 3.08. The number of hydrogen-bond donors (Lipinski definition) is 2.